The van der Waals surface area contributed by atoms with Gasteiger partial charge in [-0.15, -0.1) is 0 Å². The van der Waals surface area contributed by atoms with E-state index >= 15 is 0 Å². The summed E-state index contributed by atoms with van der Waals surface area (Å²) in [6, 6.07) is 6.63. The van der Waals surface area contributed by atoms with Crippen LogP contribution >= 0.6 is 0 Å². The Morgan fingerprint density at radius 1 is 1.29 bits per heavy atom. The highest BCUT2D eigenvalue weighted by atomic mass is 19.1. The number of aryl methyl sites for hydroxylation is 2. The van der Waals surface area contributed by atoms with Crippen LogP contribution in [0.5, 0.6) is 0 Å². The van der Waals surface area contributed by atoms with E-state index in [2.05, 4.69) is 22.2 Å². The number of rotatable bonds is 6. The van der Waals surface area contributed by atoms with Gasteiger partial charge in [-0.2, -0.15) is 5.10 Å². The summed E-state index contributed by atoms with van der Waals surface area (Å²) in [6.07, 6.45) is 0. The molecule has 0 radical (unpaired) electrons. The van der Waals surface area contributed by atoms with Gasteiger partial charge in [0.15, 0.2) is 0 Å². The first-order chi connectivity index (χ1) is 10.0. The van der Waals surface area contributed by atoms with Crippen LogP contribution in [0.25, 0.3) is 0 Å². The summed E-state index contributed by atoms with van der Waals surface area (Å²) in [5.41, 5.74) is 3.33. The molecular formula is C16H23FN4. The Morgan fingerprint density at radius 2 is 1.95 bits per heavy atom. The molecule has 2 aromatic rings. The van der Waals surface area contributed by atoms with Crippen LogP contribution in [0, 0.1) is 12.7 Å². The molecule has 0 aliphatic carbocycles. The molecule has 0 saturated carbocycles. The van der Waals surface area contributed by atoms with Gasteiger partial charge in [0.25, 0.3) is 0 Å². The smallest absolute Gasteiger partial charge is 0.131 e. The molecule has 0 bridgehead atoms. The summed E-state index contributed by atoms with van der Waals surface area (Å²) in [6.45, 7) is 6.57. The molecule has 4 nitrogen and oxygen atoms in total. The first kappa shape index (κ1) is 15.5. The number of hydrogen-bond acceptors (Lipinski definition) is 3. The molecule has 0 unspecified atom stereocenters. The van der Waals surface area contributed by atoms with Crippen molar-refractivity contribution in [3.63, 3.8) is 0 Å². The molecule has 21 heavy (non-hydrogen) atoms. The molecule has 0 atom stereocenters. The van der Waals surface area contributed by atoms with Crippen molar-refractivity contribution in [3.05, 3.63) is 46.9 Å². The summed E-state index contributed by atoms with van der Waals surface area (Å²) in [4.78, 5) is 2.15. The molecule has 0 aliphatic rings. The third-order valence-electron chi connectivity index (χ3n) is 3.56. The number of benzene rings is 1. The van der Waals surface area contributed by atoms with Gasteiger partial charge in [-0.1, -0.05) is 19.1 Å². The van der Waals surface area contributed by atoms with Crippen LogP contribution < -0.4 is 10.2 Å². The Morgan fingerprint density at radius 3 is 2.57 bits per heavy atom. The largest absolute Gasteiger partial charge is 0.355 e. The SMILES string of the molecule is CCNCc1c(C)nn(C)c1N(C)Cc1ccc(F)cc1. The Bertz CT molecular complexity index is 589. The molecule has 1 heterocycles. The topological polar surface area (TPSA) is 33.1 Å². The van der Waals surface area contributed by atoms with Crippen molar-refractivity contribution in [3.8, 4) is 0 Å². The zero-order chi connectivity index (χ0) is 15.4. The van der Waals surface area contributed by atoms with Crippen LogP contribution in [0.2, 0.25) is 0 Å². The number of anilines is 1. The summed E-state index contributed by atoms with van der Waals surface area (Å²) in [7, 11) is 3.99. The quantitative estimate of drug-likeness (QED) is 0.888. The fourth-order valence-corrected chi connectivity index (χ4v) is 2.56. The first-order valence-electron chi connectivity index (χ1n) is 7.21. The van der Waals surface area contributed by atoms with E-state index in [1.807, 2.05) is 37.8 Å². The van der Waals surface area contributed by atoms with Crippen molar-refractivity contribution in [1.29, 1.82) is 0 Å². The third kappa shape index (κ3) is 3.61. The molecule has 0 aliphatic heterocycles. The van der Waals surface area contributed by atoms with E-state index in [0.717, 1.165) is 36.7 Å². The zero-order valence-electron chi connectivity index (χ0n) is 13.2. The van der Waals surface area contributed by atoms with Crippen LogP contribution in [0.15, 0.2) is 24.3 Å². The zero-order valence-corrected chi connectivity index (χ0v) is 13.2. The van der Waals surface area contributed by atoms with Crippen molar-refractivity contribution < 1.29 is 4.39 Å². The number of nitrogens with zero attached hydrogens (tertiary/aromatic N) is 3. The van der Waals surface area contributed by atoms with E-state index in [1.165, 1.54) is 17.7 Å². The molecule has 0 saturated heterocycles. The van der Waals surface area contributed by atoms with Crippen molar-refractivity contribution in [1.82, 2.24) is 15.1 Å². The Hall–Kier alpha value is -1.88. The molecule has 0 amide bonds. The Labute approximate surface area is 125 Å². The fourth-order valence-electron chi connectivity index (χ4n) is 2.56. The first-order valence-corrected chi connectivity index (χ1v) is 7.21. The second-order valence-electron chi connectivity index (χ2n) is 5.27. The molecule has 5 heteroatoms. The van der Waals surface area contributed by atoms with Gasteiger partial charge >= 0.3 is 0 Å². The van der Waals surface area contributed by atoms with Gasteiger partial charge in [0.2, 0.25) is 0 Å². The van der Waals surface area contributed by atoms with Crippen molar-refractivity contribution >= 4 is 5.82 Å². The monoisotopic (exact) mass is 290 g/mol. The molecule has 2 rings (SSSR count). The summed E-state index contributed by atoms with van der Waals surface area (Å²) in [5.74, 6) is 0.892. The fraction of sp³-hybridized carbons (Fsp3) is 0.438. The van der Waals surface area contributed by atoms with Crippen molar-refractivity contribution in [2.45, 2.75) is 26.9 Å². The molecule has 1 aromatic carbocycles. The van der Waals surface area contributed by atoms with Gasteiger partial charge in [-0.05, 0) is 31.2 Å². The Kier molecular flexibility index (Phi) is 4.96. The van der Waals surface area contributed by atoms with Crippen LogP contribution in [-0.2, 0) is 20.1 Å². The number of nitrogens with one attached hydrogen (secondary N) is 1. The lowest BCUT2D eigenvalue weighted by atomic mass is 10.2. The minimum absolute atomic E-state index is 0.203. The summed E-state index contributed by atoms with van der Waals surface area (Å²) < 4.78 is 14.9. The minimum Gasteiger partial charge on any atom is -0.355 e. The van der Waals surface area contributed by atoms with Gasteiger partial charge < -0.3 is 10.2 Å². The van der Waals surface area contributed by atoms with E-state index in [1.54, 1.807) is 0 Å². The average Bonchev–Trinajstić information content (AvgIpc) is 2.73. The van der Waals surface area contributed by atoms with Crippen molar-refractivity contribution in [2.24, 2.45) is 7.05 Å². The predicted octanol–water partition coefficient (Wildman–Crippen LogP) is 2.61. The molecule has 1 N–H and O–H groups in total. The van der Waals surface area contributed by atoms with Crippen LogP contribution in [0.3, 0.4) is 0 Å². The minimum atomic E-state index is -0.203. The maximum absolute atomic E-state index is 13.0. The highest BCUT2D eigenvalue weighted by Crippen LogP contribution is 2.23. The molecule has 1 aromatic heterocycles. The van der Waals surface area contributed by atoms with Gasteiger partial charge in [-0.3, -0.25) is 4.68 Å². The second-order valence-corrected chi connectivity index (χ2v) is 5.27. The molecular weight excluding hydrogens is 267 g/mol. The van der Waals surface area contributed by atoms with E-state index in [9.17, 15) is 4.39 Å². The number of halogens is 1. The average molecular weight is 290 g/mol. The maximum atomic E-state index is 13.0. The maximum Gasteiger partial charge on any atom is 0.131 e. The lowest BCUT2D eigenvalue weighted by molar-refractivity contribution is 0.626. The normalized spacial score (nSPS) is 10.9. The second kappa shape index (κ2) is 6.72. The Balaban J connectivity index is 2.21. The van der Waals surface area contributed by atoms with E-state index < -0.39 is 0 Å². The number of aromatic nitrogens is 2. The van der Waals surface area contributed by atoms with Crippen LogP contribution in [0.4, 0.5) is 10.2 Å². The van der Waals surface area contributed by atoms with Gasteiger partial charge in [0.1, 0.15) is 11.6 Å². The van der Waals surface area contributed by atoms with E-state index in [-0.39, 0.29) is 5.82 Å². The van der Waals surface area contributed by atoms with Crippen molar-refractivity contribution in [2.75, 3.05) is 18.5 Å². The predicted molar refractivity (Wildman–Crippen MR) is 83.8 cm³/mol. The summed E-state index contributed by atoms with van der Waals surface area (Å²) >= 11 is 0. The van der Waals surface area contributed by atoms with E-state index in [4.69, 9.17) is 0 Å². The third-order valence-corrected chi connectivity index (χ3v) is 3.56. The van der Waals surface area contributed by atoms with Crippen LogP contribution in [-0.4, -0.2) is 23.4 Å². The van der Waals surface area contributed by atoms with Crippen LogP contribution in [0.1, 0.15) is 23.7 Å². The standard InChI is InChI=1S/C16H23FN4/c1-5-18-10-15-12(2)19-21(4)16(15)20(3)11-13-6-8-14(17)9-7-13/h6-9,18H,5,10-11H2,1-4H3. The lowest BCUT2D eigenvalue weighted by Gasteiger charge is -2.21. The van der Waals surface area contributed by atoms with Gasteiger partial charge in [-0.25, -0.2) is 4.39 Å². The molecule has 0 fully saturated rings. The van der Waals surface area contributed by atoms with Gasteiger partial charge in [0.05, 0.1) is 5.69 Å². The summed E-state index contributed by atoms with van der Waals surface area (Å²) in [5, 5.41) is 7.87. The molecule has 0 spiro atoms. The number of hydrogen-bond donors (Lipinski definition) is 1. The molecule has 114 valence electrons. The highest BCUT2D eigenvalue weighted by Gasteiger charge is 2.16. The lowest BCUT2D eigenvalue weighted by Crippen LogP contribution is -2.22. The van der Waals surface area contributed by atoms with E-state index in [0.29, 0.717) is 0 Å². The van der Waals surface area contributed by atoms with Gasteiger partial charge in [0, 0.05) is 32.7 Å². The highest BCUT2D eigenvalue weighted by molar-refractivity contribution is 5.50.